The Morgan fingerprint density at radius 2 is 2.12 bits per heavy atom. The first-order valence-electron chi connectivity index (χ1n) is 7.88. The number of nitrogens with one attached hydrogen (secondary N) is 2. The summed E-state index contributed by atoms with van der Waals surface area (Å²) in [5.41, 5.74) is 5.87. The number of aromatic nitrogens is 2. The molecule has 2 amide bonds. The van der Waals surface area contributed by atoms with E-state index in [0.717, 1.165) is 0 Å². The summed E-state index contributed by atoms with van der Waals surface area (Å²) < 4.78 is 10.6. The van der Waals surface area contributed by atoms with Gasteiger partial charge in [-0.05, 0) is 24.6 Å². The third kappa shape index (κ3) is 3.37. The highest BCUT2D eigenvalue weighted by molar-refractivity contribution is 5.94. The highest BCUT2D eigenvalue weighted by Gasteiger charge is 2.31. The van der Waals surface area contributed by atoms with E-state index in [1.54, 1.807) is 25.1 Å². The van der Waals surface area contributed by atoms with E-state index in [4.69, 9.17) is 15.2 Å². The molecule has 0 bridgehead atoms. The molecular formula is C17H18N4O5. The Balaban J connectivity index is 2.03. The topological polar surface area (TPSA) is 136 Å². The molecule has 0 radical (unpaired) electrons. The van der Waals surface area contributed by atoms with Crippen molar-refractivity contribution in [1.82, 2.24) is 9.97 Å². The molecule has 136 valence electrons. The van der Waals surface area contributed by atoms with Crippen molar-refractivity contribution in [1.29, 1.82) is 0 Å². The molecule has 9 heteroatoms. The van der Waals surface area contributed by atoms with Gasteiger partial charge in [-0.15, -0.1) is 0 Å². The lowest BCUT2D eigenvalue weighted by atomic mass is 9.86. The van der Waals surface area contributed by atoms with Crippen LogP contribution < -0.4 is 26.1 Å². The van der Waals surface area contributed by atoms with E-state index in [9.17, 15) is 14.4 Å². The van der Waals surface area contributed by atoms with Gasteiger partial charge in [0, 0.05) is 12.3 Å². The Morgan fingerprint density at radius 3 is 2.81 bits per heavy atom. The molecule has 26 heavy (non-hydrogen) atoms. The number of hydrogen-bond acceptors (Lipinski definition) is 6. The van der Waals surface area contributed by atoms with E-state index in [0.29, 0.717) is 28.5 Å². The number of anilines is 1. The normalized spacial score (nSPS) is 15.8. The number of nitrogens with zero attached hydrogens (tertiary/aromatic N) is 1. The lowest BCUT2D eigenvalue weighted by Crippen LogP contribution is -2.31. The van der Waals surface area contributed by atoms with Gasteiger partial charge in [0.25, 0.3) is 11.5 Å². The van der Waals surface area contributed by atoms with Crippen LogP contribution in [-0.4, -0.2) is 35.5 Å². The van der Waals surface area contributed by atoms with Gasteiger partial charge in [0.15, 0.2) is 18.1 Å². The van der Waals surface area contributed by atoms with Gasteiger partial charge in [-0.1, -0.05) is 6.07 Å². The van der Waals surface area contributed by atoms with Crippen LogP contribution in [0.25, 0.3) is 0 Å². The van der Waals surface area contributed by atoms with Gasteiger partial charge in [0.2, 0.25) is 5.91 Å². The molecule has 3 rings (SSSR count). The summed E-state index contributed by atoms with van der Waals surface area (Å²) in [5.74, 6) is 0.0759. The molecule has 1 aliphatic rings. The van der Waals surface area contributed by atoms with Crippen LogP contribution in [0, 0.1) is 6.92 Å². The number of benzene rings is 1. The smallest absolute Gasteiger partial charge is 0.256 e. The van der Waals surface area contributed by atoms with Gasteiger partial charge >= 0.3 is 0 Å². The van der Waals surface area contributed by atoms with Crippen LogP contribution in [0.1, 0.15) is 29.3 Å². The first kappa shape index (κ1) is 17.5. The number of aromatic amines is 1. The Labute approximate surface area is 148 Å². The number of nitrogens with two attached hydrogens (primary N) is 1. The minimum Gasteiger partial charge on any atom is -0.493 e. The van der Waals surface area contributed by atoms with Crippen LogP contribution >= 0.6 is 0 Å². The second-order valence-corrected chi connectivity index (χ2v) is 5.88. The van der Waals surface area contributed by atoms with Crippen LogP contribution in [0.15, 0.2) is 23.0 Å². The third-order valence-electron chi connectivity index (χ3n) is 4.03. The quantitative estimate of drug-likeness (QED) is 0.709. The largest absolute Gasteiger partial charge is 0.493 e. The molecule has 1 atom stereocenters. The van der Waals surface area contributed by atoms with Crippen molar-refractivity contribution in [3.05, 3.63) is 45.5 Å². The Hall–Kier alpha value is -3.36. The van der Waals surface area contributed by atoms with E-state index in [-0.39, 0.29) is 30.3 Å². The average Bonchev–Trinajstić information content (AvgIpc) is 2.58. The van der Waals surface area contributed by atoms with Gasteiger partial charge in [0.1, 0.15) is 11.6 Å². The highest BCUT2D eigenvalue weighted by Crippen LogP contribution is 2.37. The average molecular weight is 358 g/mol. The number of amides is 2. The number of primary amides is 1. The van der Waals surface area contributed by atoms with Gasteiger partial charge < -0.3 is 25.5 Å². The van der Waals surface area contributed by atoms with Crippen molar-refractivity contribution in [2.24, 2.45) is 5.73 Å². The maximum absolute atomic E-state index is 12.4. The summed E-state index contributed by atoms with van der Waals surface area (Å²) in [6, 6.07) is 4.99. The standard InChI is InChI=1S/C17H18N4O5/c1-8-19-16-15(17(24)20-8)10(6-14(23)21-16)9-3-4-11(12(5-9)25-2)26-7-13(18)22/h3-5,10H,6-7H2,1-2H3,(H2,18,22)(H2,19,20,21,23,24)/t10-/m0/s1. The Bertz CT molecular complexity index is 937. The van der Waals surface area contributed by atoms with Crippen LogP contribution in [0.4, 0.5) is 5.82 Å². The molecule has 0 spiro atoms. The number of carbonyl (C=O) groups is 2. The van der Waals surface area contributed by atoms with Crippen LogP contribution in [0.5, 0.6) is 11.5 Å². The van der Waals surface area contributed by atoms with E-state index in [1.807, 2.05) is 0 Å². The zero-order valence-corrected chi connectivity index (χ0v) is 14.3. The maximum Gasteiger partial charge on any atom is 0.256 e. The molecule has 0 saturated heterocycles. The van der Waals surface area contributed by atoms with Gasteiger partial charge in [-0.25, -0.2) is 4.98 Å². The lowest BCUT2D eigenvalue weighted by Gasteiger charge is -2.25. The molecule has 1 aliphatic heterocycles. The van der Waals surface area contributed by atoms with Crippen molar-refractivity contribution >= 4 is 17.6 Å². The van der Waals surface area contributed by atoms with E-state index in [2.05, 4.69) is 15.3 Å². The minimum atomic E-state index is -0.609. The highest BCUT2D eigenvalue weighted by atomic mass is 16.5. The zero-order valence-electron chi connectivity index (χ0n) is 14.3. The van der Waals surface area contributed by atoms with Gasteiger partial charge in [0.05, 0.1) is 12.7 Å². The molecule has 9 nitrogen and oxygen atoms in total. The Morgan fingerprint density at radius 1 is 1.35 bits per heavy atom. The number of hydrogen-bond donors (Lipinski definition) is 3. The molecule has 1 aromatic heterocycles. The molecular weight excluding hydrogens is 340 g/mol. The van der Waals surface area contributed by atoms with Crippen LogP contribution in [0.3, 0.4) is 0 Å². The van der Waals surface area contributed by atoms with Crippen molar-refractivity contribution in [2.75, 3.05) is 19.0 Å². The SMILES string of the molecule is COc1cc([C@@H]2CC(=O)Nc3nc(C)[nH]c(=O)c32)ccc1OCC(N)=O. The first-order valence-corrected chi connectivity index (χ1v) is 7.88. The van der Waals surface area contributed by atoms with Gasteiger partial charge in [-0.3, -0.25) is 14.4 Å². The lowest BCUT2D eigenvalue weighted by molar-refractivity contribution is -0.120. The predicted octanol–water partition coefficient (Wildman–Crippen LogP) is 0.425. The first-order chi connectivity index (χ1) is 12.4. The molecule has 0 aliphatic carbocycles. The summed E-state index contributed by atoms with van der Waals surface area (Å²) in [6.07, 6.45) is 0.103. The summed E-state index contributed by atoms with van der Waals surface area (Å²) in [6.45, 7) is 1.36. The number of fused-ring (bicyclic) bond motifs is 1. The second-order valence-electron chi connectivity index (χ2n) is 5.88. The monoisotopic (exact) mass is 358 g/mol. The van der Waals surface area contributed by atoms with E-state index >= 15 is 0 Å². The zero-order chi connectivity index (χ0) is 18.8. The number of ether oxygens (including phenoxy) is 2. The number of aryl methyl sites for hydroxylation is 1. The molecule has 2 heterocycles. The number of H-pyrrole nitrogens is 1. The van der Waals surface area contributed by atoms with Crippen molar-refractivity contribution in [2.45, 2.75) is 19.3 Å². The van der Waals surface area contributed by atoms with Crippen LogP contribution in [-0.2, 0) is 9.59 Å². The number of rotatable bonds is 5. The summed E-state index contributed by atoms with van der Waals surface area (Å²) in [7, 11) is 1.45. The molecule has 4 N–H and O–H groups in total. The maximum atomic E-state index is 12.4. The fourth-order valence-electron chi connectivity index (χ4n) is 2.94. The van der Waals surface area contributed by atoms with Gasteiger partial charge in [-0.2, -0.15) is 0 Å². The number of methoxy groups -OCH3 is 1. The van der Waals surface area contributed by atoms with Crippen molar-refractivity contribution in [3.8, 4) is 11.5 Å². The van der Waals surface area contributed by atoms with E-state index in [1.165, 1.54) is 7.11 Å². The van der Waals surface area contributed by atoms with E-state index < -0.39 is 11.8 Å². The molecule has 0 fully saturated rings. The minimum absolute atomic E-state index is 0.103. The fraction of sp³-hybridized carbons (Fsp3) is 0.294. The summed E-state index contributed by atoms with van der Waals surface area (Å²) in [5, 5.41) is 2.64. The molecule has 0 unspecified atom stereocenters. The molecule has 1 aromatic carbocycles. The molecule has 2 aromatic rings. The predicted molar refractivity (Wildman–Crippen MR) is 92.4 cm³/mol. The molecule has 0 saturated carbocycles. The van der Waals surface area contributed by atoms with Crippen molar-refractivity contribution < 1.29 is 19.1 Å². The summed E-state index contributed by atoms with van der Waals surface area (Å²) >= 11 is 0. The summed E-state index contributed by atoms with van der Waals surface area (Å²) in [4.78, 5) is 42.2. The second kappa shape index (κ2) is 6.87. The van der Waals surface area contributed by atoms with Crippen LogP contribution in [0.2, 0.25) is 0 Å². The number of carbonyl (C=O) groups excluding carboxylic acids is 2. The Kier molecular flexibility index (Phi) is 4.61. The van der Waals surface area contributed by atoms with Crippen molar-refractivity contribution in [3.63, 3.8) is 0 Å². The fourth-order valence-corrected chi connectivity index (χ4v) is 2.94. The third-order valence-corrected chi connectivity index (χ3v) is 4.03.